The number of aromatic nitrogens is 1. The van der Waals surface area contributed by atoms with Gasteiger partial charge in [-0.05, 0) is 87.2 Å². The van der Waals surface area contributed by atoms with E-state index in [9.17, 15) is 27.6 Å². The maximum Gasteiger partial charge on any atom is 0.417 e. The van der Waals surface area contributed by atoms with Crippen LogP contribution in [0.5, 0.6) is 23.0 Å². The van der Waals surface area contributed by atoms with E-state index >= 15 is 0 Å². The number of alkyl halides is 3. The fourth-order valence-corrected chi connectivity index (χ4v) is 5.90. The van der Waals surface area contributed by atoms with E-state index in [1.54, 1.807) is 68.4 Å². The number of nitrogens with two attached hydrogens (primary N) is 1. The maximum absolute atomic E-state index is 13.6. The zero-order valence-corrected chi connectivity index (χ0v) is 28.9. The molecule has 2 atom stereocenters. The number of likely N-dealkylation sites (tertiary alicyclic amines) is 1. The molecule has 0 spiro atoms. The molecule has 2 heterocycles. The summed E-state index contributed by atoms with van der Waals surface area (Å²) in [5, 5.41) is 5.14. The third-order valence-corrected chi connectivity index (χ3v) is 8.61. The summed E-state index contributed by atoms with van der Waals surface area (Å²) in [6.07, 6.45) is -3.54. The van der Waals surface area contributed by atoms with Crippen LogP contribution in [0.2, 0.25) is 0 Å². The van der Waals surface area contributed by atoms with Gasteiger partial charge in [-0.25, -0.2) is 14.6 Å². The molecule has 6 rings (SSSR count). The average molecular weight is 734 g/mol. The molecule has 2 unspecified atom stereocenters. The molecule has 1 aliphatic heterocycles. The number of carbonyl (C=O) groups excluding carboxylic acids is 3. The average Bonchev–Trinajstić information content (AvgIpc) is 3.83. The second kappa shape index (κ2) is 15.3. The second-order valence-electron chi connectivity index (χ2n) is 13.6. The molecular weight excluding hydrogens is 695 g/mol. The van der Waals surface area contributed by atoms with Crippen LogP contribution in [-0.4, -0.2) is 53.3 Å². The van der Waals surface area contributed by atoms with Crippen molar-refractivity contribution in [3.63, 3.8) is 0 Å². The number of rotatable bonds is 12. The molecule has 15 heteroatoms. The summed E-state index contributed by atoms with van der Waals surface area (Å²) >= 11 is 0. The van der Waals surface area contributed by atoms with E-state index in [1.807, 2.05) is 0 Å². The Labute approximate surface area is 303 Å². The van der Waals surface area contributed by atoms with Crippen molar-refractivity contribution in [2.45, 2.75) is 38.5 Å². The van der Waals surface area contributed by atoms with Crippen LogP contribution in [0.1, 0.15) is 32.3 Å². The van der Waals surface area contributed by atoms with Gasteiger partial charge in [0, 0.05) is 54.6 Å². The molecule has 2 fully saturated rings. The number of para-hydroxylation sites is 1. The Kier molecular flexibility index (Phi) is 10.6. The molecule has 3 amide bonds. The normalized spacial score (nSPS) is 16.9. The molecule has 53 heavy (non-hydrogen) atoms. The Morgan fingerprint density at radius 3 is 2.34 bits per heavy atom. The van der Waals surface area contributed by atoms with Crippen molar-refractivity contribution >= 4 is 35.3 Å². The highest BCUT2D eigenvalue weighted by Crippen LogP contribution is 2.45. The Bertz CT molecular complexity index is 1940. The van der Waals surface area contributed by atoms with E-state index in [0.717, 1.165) is 12.1 Å². The largest absolute Gasteiger partial charge is 0.493 e. The van der Waals surface area contributed by atoms with Crippen molar-refractivity contribution in [2.75, 3.05) is 36.1 Å². The van der Waals surface area contributed by atoms with Gasteiger partial charge in [-0.2, -0.15) is 13.2 Å². The maximum atomic E-state index is 13.6. The third kappa shape index (κ3) is 10.3. The van der Waals surface area contributed by atoms with Gasteiger partial charge in [-0.15, -0.1) is 0 Å². The lowest BCUT2D eigenvalue weighted by atomic mass is 9.99. The molecule has 4 aromatic rings. The zero-order chi connectivity index (χ0) is 37.8. The number of hydrogen-bond acceptors (Lipinski definition) is 9. The van der Waals surface area contributed by atoms with E-state index < -0.39 is 29.5 Å². The van der Waals surface area contributed by atoms with Crippen LogP contribution < -0.4 is 30.6 Å². The molecule has 1 aromatic heterocycles. The molecular formula is C38H38F3N5O7. The van der Waals surface area contributed by atoms with E-state index in [1.165, 1.54) is 29.3 Å². The summed E-state index contributed by atoms with van der Waals surface area (Å²) in [4.78, 5) is 43.8. The van der Waals surface area contributed by atoms with Crippen molar-refractivity contribution in [3.8, 4) is 23.0 Å². The lowest BCUT2D eigenvalue weighted by Crippen LogP contribution is -2.53. The number of nitrogens with zero attached hydrogens (tertiary/aromatic N) is 2. The molecule has 1 saturated heterocycles. The van der Waals surface area contributed by atoms with Gasteiger partial charge in [-0.1, -0.05) is 18.2 Å². The first-order valence-electron chi connectivity index (χ1n) is 16.9. The quantitative estimate of drug-likeness (QED) is 0.123. The zero-order valence-electron chi connectivity index (χ0n) is 28.9. The highest BCUT2D eigenvalue weighted by molar-refractivity contribution is 5.93. The number of amides is 3. The summed E-state index contributed by atoms with van der Waals surface area (Å²) in [5.41, 5.74) is 4.32. The van der Waals surface area contributed by atoms with Gasteiger partial charge in [0.2, 0.25) is 5.91 Å². The van der Waals surface area contributed by atoms with E-state index in [0.29, 0.717) is 35.8 Å². The monoisotopic (exact) mass is 733 g/mol. The second-order valence-corrected chi connectivity index (χ2v) is 13.6. The molecule has 0 bridgehead atoms. The van der Waals surface area contributed by atoms with E-state index in [2.05, 4.69) is 15.6 Å². The lowest BCUT2D eigenvalue weighted by molar-refractivity contribution is -0.137. The Balaban J connectivity index is 0.933. The Morgan fingerprint density at radius 2 is 1.62 bits per heavy atom. The van der Waals surface area contributed by atoms with Crippen molar-refractivity contribution < 1.29 is 46.5 Å². The highest BCUT2D eigenvalue weighted by atomic mass is 19.4. The van der Waals surface area contributed by atoms with Crippen LogP contribution in [-0.2, 0) is 15.7 Å². The first-order chi connectivity index (χ1) is 25.2. The molecule has 4 N–H and O–H groups in total. The SMILES string of the molecule is CC(C)(CC1CC1C(=O)Nc1cc(Oc2ccc(N)cc2)ccn1)OC(=O)N1CC(COc2cc(NC(=O)Oc3ccccc3)cc(C(F)(F)F)c2)C1. The number of carbonyl (C=O) groups is 3. The van der Waals surface area contributed by atoms with Crippen LogP contribution in [0.4, 0.5) is 40.0 Å². The topological polar surface area (TPSA) is 154 Å². The molecule has 2 aliphatic rings. The Hall–Kier alpha value is -5.99. The number of halogens is 3. The van der Waals surface area contributed by atoms with Gasteiger partial charge in [0.25, 0.3) is 0 Å². The third-order valence-electron chi connectivity index (χ3n) is 8.61. The molecule has 12 nitrogen and oxygen atoms in total. The van der Waals surface area contributed by atoms with Crippen molar-refractivity contribution in [1.82, 2.24) is 9.88 Å². The summed E-state index contributed by atoms with van der Waals surface area (Å²) in [6, 6.07) is 21.2. The van der Waals surface area contributed by atoms with Gasteiger partial charge < -0.3 is 34.9 Å². The summed E-state index contributed by atoms with van der Waals surface area (Å²) in [7, 11) is 0. The lowest BCUT2D eigenvalue weighted by Gasteiger charge is -2.40. The number of anilines is 3. The van der Waals surface area contributed by atoms with E-state index in [4.69, 9.17) is 24.7 Å². The number of ether oxygens (including phenoxy) is 4. The van der Waals surface area contributed by atoms with Gasteiger partial charge >= 0.3 is 18.4 Å². The number of nitrogens with one attached hydrogen (secondary N) is 2. The predicted octanol–water partition coefficient (Wildman–Crippen LogP) is 7.98. The highest BCUT2D eigenvalue weighted by Gasteiger charge is 2.47. The molecule has 1 aliphatic carbocycles. The van der Waals surface area contributed by atoms with Crippen molar-refractivity contribution in [2.24, 2.45) is 17.8 Å². The molecule has 1 saturated carbocycles. The first kappa shape index (κ1) is 36.8. The summed E-state index contributed by atoms with van der Waals surface area (Å²) in [6.45, 7) is 4.17. The van der Waals surface area contributed by atoms with Gasteiger partial charge in [-0.3, -0.25) is 10.1 Å². The first-order valence-corrected chi connectivity index (χ1v) is 16.9. The number of benzene rings is 3. The smallest absolute Gasteiger partial charge is 0.417 e. The summed E-state index contributed by atoms with van der Waals surface area (Å²) in [5.74, 6) is 0.977. The van der Waals surface area contributed by atoms with Gasteiger partial charge in [0.05, 0.1) is 12.2 Å². The molecule has 0 radical (unpaired) electrons. The molecule has 278 valence electrons. The van der Waals surface area contributed by atoms with Crippen LogP contribution in [0.3, 0.4) is 0 Å². The fraction of sp³-hybridized carbons (Fsp3) is 0.316. The minimum Gasteiger partial charge on any atom is -0.493 e. The number of pyridine rings is 1. The minimum absolute atomic E-state index is 0.0107. The van der Waals surface area contributed by atoms with Crippen LogP contribution in [0, 0.1) is 17.8 Å². The van der Waals surface area contributed by atoms with Crippen LogP contribution in [0.25, 0.3) is 0 Å². The number of hydrogen-bond donors (Lipinski definition) is 3. The van der Waals surface area contributed by atoms with Gasteiger partial charge in [0.1, 0.15) is 34.4 Å². The van der Waals surface area contributed by atoms with Crippen LogP contribution >= 0.6 is 0 Å². The van der Waals surface area contributed by atoms with Gasteiger partial charge in [0.15, 0.2) is 0 Å². The standard InChI is InChI=1S/C38H38F3N5O7/c1-37(2,19-24-14-32(24)34(47)45-33-18-30(12-13-43-33)51-29-10-8-26(42)9-11-29)53-36(49)46-20-23(21-46)22-50-31-16-25(38(39,40)41)15-27(17-31)44-35(48)52-28-6-4-3-5-7-28/h3-13,15-18,23-24,32H,14,19-22,42H2,1-2H3,(H,44,48)(H,43,45,47). The summed E-state index contributed by atoms with van der Waals surface area (Å²) < 4.78 is 63.2. The van der Waals surface area contributed by atoms with Crippen molar-refractivity contribution in [3.05, 3.63) is 96.7 Å². The fourth-order valence-electron chi connectivity index (χ4n) is 5.90. The number of nitrogen functional groups attached to an aromatic ring is 1. The molecule has 3 aromatic carbocycles. The van der Waals surface area contributed by atoms with Crippen molar-refractivity contribution in [1.29, 1.82) is 0 Å². The van der Waals surface area contributed by atoms with Crippen LogP contribution in [0.15, 0.2) is 91.1 Å². The Morgan fingerprint density at radius 1 is 0.887 bits per heavy atom. The van der Waals surface area contributed by atoms with E-state index in [-0.39, 0.29) is 60.5 Å². The minimum atomic E-state index is -4.69. The predicted molar refractivity (Wildman–Crippen MR) is 189 cm³/mol.